The smallest absolute Gasteiger partial charge is 0.125 e. The van der Waals surface area contributed by atoms with Crippen LogP contribution in [0.25, 0.3) is 6.08 Å². The summed E-state index contributed by atoms with van der Waals surface area (Å²) >= 11 is 0. The predicted octanol–water partition coefficient (Wildman–Crippen LogP) is 1.63. The number of nitrogens with two attached hydrogens (primary N) is 1. The molecule has 0 aliphatic carbocycles. The van der Waals surface area contributed by atoms with Crippen molar-refractivity contribution in [2.24, 2.45) is 5.73 Å². The van der Waals surface area contributed by atoms with Crippen molar-refractivity contribution in [2.75, 3.05) is 37.7 Å². The topological polar surface area (TPSA) is 38.5 Å². The molecule has 1 fully saturated rings. The summed E-state index contributed by atoms with van der Waals surface area (Å²) in [5.74, 6) is -0.212. The van der Waals surface area contributed by atoms with Gasteiger partial charge in [0.1, 0.15) is 5.82 Å². The van der Waals surface area contributed by atoms with E-state index in [-0.39, 0.29) is 5.82 Å². The molecule has 4 heteroatoms. The van der Waals surface area contributed by atoms with Crippen molar-refractivity contribution in [3.05, 3.63) is 35.7 Å². The highest BCUT2D eigenvalue weighted by molar-refractivity contribution is 5.68. The molecule has 0 aromatic heterocycles. The van der Waals surface area contributed by atoms with Crippen molar-refractivity contribution in [1.29, 1.82) is 0 Å². The van der Waals surface area contributed by atoms with E-state index in [4.69, 9.17) is 10.5 Å². The third-order valence-corrected chi connectivity index (χ3v) is 2.78. The van der Waals surface area contributed by atoms with Gasteiger partial charge in [0.2, 0.25) is 0 Å². The van der Waals surface area contributed by atoms with Crippen LogP contribution in [0.4, 0.5) is 10.1 Å². The molecule has 0 bridgehead atoms. The van der Waals surface area contributed by atoms with Crippen molar-refractivity contribution >= 4 is 11.8 Å². The second-order valence-electron chi connectivity index (χ2n) is 3.94. The maximum absolute atomic E-state index is 13.3. The number of ether oxygens (including phenoxy) is 1. The molecule has 1 aromatic rings. The number of hydrogen-bond donors (Lipinski definition) is 1. The van der Waals surface area contributed by atoms with Gasteiger partial charge in [0.15, 0.2) is 0 Å². The summed E-state index contributed by atoms with van der Waals surface area (Å²) in [6, 6.07) is 4.83. The van der Waals surface area contributed by atoms with Gasteiger partial charge in [0.25, 0.3) is 0 Å². The van der Waals surface area contributed by atoms with E-state index in [1.807, 2.05) is 12.2 Å². The zero-order chi connectivity index (χ0) is 12.1. The first-order valence-electron chi connectivity index (χ1n) is 5.80. The first-order chi connectivity index (χ1) is 8.31. The van der Waals surface area contributed by atoms with Gasteiger partial charge in [-0.3, -0.25) is 0 Å². The van der Waals surface area contributed by atoms with Crippen molar-refractivity contribution < 1.29 is 9.13 Å². The number of halogens is 1. The highest BCUT2D eigenvalue weighted by Gasteiger charge is 2.14. The minimum atomic E-state index is -0.212. The zero-order valence-electron chi connectivity index (χ0n) is 9.73. The van der Waals surface area contributed by atoms with E-state index < -0.39 is 0 Å². The molecule has 0 amide bonds. The average molecular weight is 236 g/mol. The number of benzene rings is 1. The van der Waals surface area contributed by atoms with Gasteiger partial charge in [-0.15, -0.1) is 0 Å². The molecule has 0 radical (unpaired) electrons. The van der Waals surface area contributed by atoms with Crippen LogP contribution in [0.1, 0.15) is 5.56 Å². The Morgan fingerprint density at radius 2 is 2.12 bits per heavy atom. The lowest BCUT2D eigenvalue weighted by molar-refractivity contribution is 0.122. The summed E-state index contributed by atoms with van der Waals surface area (Å²) in [5.41, 5.74) is 7.35. The molecule has 0 saturated carbocycles. The summed E-state index contributed by atoms with van der Waals surface area (Å²) in [7, 11) is 0. The Morgan fingerprint density at radius 1 is 1.35 bits per heavy atom. The van der Waals surface area contributed by atoms with Crippen LogP contribution >= 0.6 is 0 Å². The Hall–Kier alpha value is -1.39. The summed E-state index contributed by atoms with van der Waals surface area (Å²) in [6.07, 6.45) is 3.81. The number of anilines is 1. The molecule has 0 unspecified atom stereocenters. The highest BCUT2D eigenvalue weighted by Crippen LogP contribution is 2.24. The van der Waals surface area contributed by atoms with Gasteiger partial charge in [0, 0.05) is 25.3 Å². The lowest BCUT2D eigenvalue weighted by Gasteiger charge is -2.30. The van der Waals surface area contributed by atoms with Gasteiger partial charge in [0.05, 0.1) is 13.2 Å². The Kier molecular flexibility index (Phi) is 4.12. The Morgan fingerprint density at radius 3 is 2.82 bits per heavy atom. The molecular formula is C13H17FN2O. The molecule has 1 aliphatic rings. The normalized spacial score (nSPS) is 16.7. The molecule has 2 rings (SSSR count). The highest BCUT2D eigenvalue weighted by atomic mass is 19.1. The van der Waals surface area contributed by atoms with E-state index >= 15 is 0 Å². The van der Waals surface area contributed by atoms with Crippen molar-refractivity contribution in [3.63, 3.8) is 0 Å². The largest absolute Gasteiger partial charge is 0.378 e. The van der Waals surface area contributed by atoms with Crippen LogP contribution in [0.2, 0.25) is 0 Å². The van der Waals surface area contributed by atoms with E-state index in [0.29, 0.717) is 19.8 Å². The Bertz CT molecular complexity index is 400. The summed E-state index contributed by atoms with van der Waals surface area (Å²) < 4.78 is 18.6. The monoisotopic (exact) mass is 236 g/mol. The lowest BCUT2D eigenvalue weighted by atomic mass is 10.1. The van der Waals surface area contributed by atoms with E-state index in [9.17, 15) is 4.39 Å². The Labute approximate surface area is 101 Å². The van der Waals surface area contributed by atoms with E-state index in [0.717, 1.165) is 24.3 Å². The number of hydrogen-bond acceptors (Lipinski definition) is 3. The van der Waals surface area contributed by atoms with Crippen LogP contribution in [0.15, 0.2) is 24.3 Å². The molecule has 92 valence electrons. The molecule has 1 aromatic carbocycles. The number of nitrogens with zero attached hydrogens (tertiary/aromatic N) is 1. The van der Waals surface area contributed by atoms with Crippen LogP contribution in [-0.4, -0.2) is 32.8 Å². The third kappa shape index (κ3) is 3.05. The van der Waals surface area contributed by atoms with E-state index in [1.54, 1.807) is 12.1 Å². The molecule has 0 spiro atoms. The fraction of sp³-hybridized carbons (Fsp3) is 0.385. The molecule has 3 nitrogen and oxygen atoms in total. The number of rotatable bonds is 3. The quantitative estimate of drug-likeness (QED) is 0.867. The SMILES string of the molecule is NC/C=C/c1ccc(F)cc1N1CCOCC1. The molecule has 1 saturated heterocycles. The van der Waals surface area contributed by atoms with Gasteiger partial charge >= 0.3 is 0 Å². The maximum Gasteiger partial charge on any atom is 0.125 e. The second kappa shape index (κ2) is 5.80. The van der Waals surface area contributed by atoms with E-state index in [2.05, 4.69) is 4.90 Å². The van der Waals surface area contributed by atoms with Gasteiger partial charge in [-0.25, -0.2) is 4.39 Å². The lowest BCUT2D eigenvalue weighted by Crippen LogP contribution is -2.36. The molecule has 0 atom stereocenters. The Balaban J connectivity index is 2.28. The minimum Gasteiger partial charge on any atom is -0.378 e. The first kappa shape index (κ1) is 12.1. The van der Waals surface area contributed by atoms with Crippen LogP contribution in [0, 0.1) is 5.82 Å². The number of morpholine rings is 1. The fourth-order valence-corrected chi connectivity index (χ4v) is 1.93. The predicted molar refractivity (Wildman–Crippen MR) is 67.5 cm³/mol. The summed E-state index contributed by atoms with van der Waals surface area (Å²) in [4.78, 5) is 2.14. The van der Waals surface area contributed by atoms with Gasteiger partial charge in [-0.1, -0.05) is 18.2 Å². The van der Waals surface area contributed by atoms with Crippen molar-refractivity contribution in [1.82, 2.24) is 0 Å². The van der Waals surface area contributed by atoms with Crippen molar-refractivity contribution in [3.8, 4) is 0 Å². The summed E-state index contributed by atoms with van der Waals surface area (Å²) in [5, 5.41) is 0. The van der Waals surface area contributed by atoms with Crippen LogP contribution in [0.5, 0.6) is 0 Å². The standard InChI is InChI=1S/C13H17FN2O/c14-12-4-3-11(2-1-5-15)13(10-12)16-6-8-17-9-7-16/h1-4,10H,5-9,15H2/b2-1+. The molecule has 17 heavy (non-hydrogen) atoms. The van der Waals surface area contributed by atoms with Gasteiger partial charge in [-0.05, 0) is 17.7 Å². The fourth-order valence-electron chi connectivity index (χ4n) is 1.93. The molecule has 2 N–H and O–H groups in total. The van der Waals surface area contributed by atoms with Crippen LogP contribution in [0.3, 0.4) is 0 Å². The second-order valence-corrected chi connectivity index (χ2v) is 3.94. The molecular weight excluding hydrogens is 219 g/mol. The van der Waals surface area contributed by atoms with Crippen molar-refractivity contribution in [2.45, 2.75) is 0 Å². The average Bonchev–Trinajstić information content (AvgIpc) is 2.38. The van der Waals surface area contributed by atoms with Crippen LogP contribution < -0.4 is 10.6 Å². The third-order valence-electron chi connectivity index (χ3n) is 2.78. The minimum absolute atomic E-state index is 0.212. The van der Waals surface area contributed by atoms with E-state index in [1.165, 1.54) is 6.07 Å². The zero-order valence-corrected chi connectivity index (χ0v) is 9.73. The molecule has 1 heterocycles. The van der Waals surface area contributed by atoms with Gasteiger partial charge in [-0.2, -0.15) is 0 Å². The van der Waals surface area contributed by atoms with Gasteiger partial charge < -0.3 is 15.4 Å². The molecule has 1 aliphatic heterocycles. The summed E-state index contributed by atoms with van der Waals surface area (Å²) in [6.45, 7) is 3.47. The maximum atomic E-state index is 13.3. The first-order valence-corrected chi connectivity index (χ1v) is 5.80. The van der Waals surface area contributed by atoms with Crippen LogP contribution in [-0.2, 0) is 4.74 Å².